The second-order valence-corrected chi connectivity index (χ2v) is 8.20. The van der Waals surface area contributed by atoms with Crippen molar-refractivity contribution < 1.29 is 22.6 Å². The van der Waals surface area contributed by atoms with Gasteiger partial charge in [0, 0.05) is 33.4 Å². The van der Waals surface area contributed by atoms with Crippen LogP contribution in [-0.4, -0.2) is 57.4 Å². The topological polar surface area (TPSA) is 46.1 Å². The summed E-state index contributed by atoms with van der Waals surface area (Å²) in [6.07, 6.45) is -0.228. The first kappa shape index (κ1) is 26.2. The van der Waals surface area contributed by atoms with Gasteiger partial charge in [-0.25, -0.2) is 0 Å². The number of morpholine rings is 1. The molecule has 1 unspecified atom stereocenters. The molecule has 3 rings (SSSR count). The summed E-state index contributed by atoms with van der Waals surface area (Å²) < 4.78 is 50.4. The third kappa shape index (κ3) is 6.95. The van der Waals surface area contributed by atoms with E-state index in [-0.39, 0.29) is 29.4 Å². The fraction of sp³-hybridized carbons (Fsp3) is 0.682. The Labute approximate surface area is 199 Å². The molecule has 1 N–H and O–H groups in total. The maximum absolute atomic E-state index is 13.1. The quantitative estimate of drug-likeness (QED) is 0.297. The summed E-state index contributed by atoms with van der Waals surface area (Å²) >= 11 is 0. The van der Waals surface area contributed by atoms with E-state index in [1.807, 2.05) is 6.92 Å². The number of ether oxygens (including phenoxy) is 2. The van der Waals surface area contributed by atoms with E-state index >= 15 is 0 Å². The van der Waals surface area contributed by atoms with Crippen molar-refractivity contribution in [2.45, 2.75) is 44.9 Å². The number of halogens is 4. The highest BCUT2D eigenvalue weighted by Gasteiger charge is 2.37. The van der Waals surface area contributed by atoms with Gasteiger partial charge in [0.05, 0.1) is 18.7 Å². The second kappa shape index (κ2) is 11.7. The molecule has 0 bridgehead atoms. The van der Waals surface area contributed by atoms with Gasteiger partial charge in [-0.05, 0) is 49.3 Å². The van der Waals surface area contributed by atoms with Crippen LogP contribution in [0.15, 0.2) is 29.3 Å². The number of rotatable bonds is 7. The largest absolute Gasteiger partial charge is 0.416 e. The highest BCUT2D eigenvalue weighted by Crippen LogP contribution is 2.44. The smallest absolute Gasteiger partial charge is 0.385 e. The first-order valence-corrected chi connectivity index (χ1v) is 10.7. The molecule has 9 heteroatoms. The normalized spacial score (nSPS) is 21.3. The van der Waals surface area contributed by atoms with E-state index < -0.39 is 17.8 Å². The van der Waals surface area contributed by atoms with E-state index in [0.29, 0.717) is 25.3 Å². The Kier molecular flexibility index (Phi) is 9.88. The first-order chi connectivity index (χ1) is 14.4. The first-order valence-electron chi connectivity index (χ1n) is 10.7. The lowest BCUT2D eigenvalue weighted by Gasteiger charge is -2.41. The molecule has 1 aliphatic heterocycles. The van der Waals surface area contributed by atoms with Crippen LogP contribution in [0.3, 0.4) is 0 Å². The fourth-order valence-electron chi connectivity index (χ4n) is 4.11. The number of benzene rings is 1. The van der Waals surface area contributed by atoms with Gasteiger partial charge in [0.15, 0.2) is 5.96 Å². The molecule has 1 saturated carbocycles. The molecular formula is C22H33F3IN3O2. The number of alkyl halides is 3. The van der Waals surface area contributed by atoms with Crippen LogP contribution >= 0.6 is 24.0 Å². The monoisotopic (exact) mass is 555 g/mol. The Bertz CT molecular complexity index is 726. The van der Waals surface area contributed by atoms with Crippen LogP contribution < -0.4 is 5.32 Å². The van der Waals surface area contributed by atoms with Crippen molar-refractivity contribution in [3.05, 3.63) is 35.4 Å². The molecule has 0 aromatic heterocycles. The predicted octanol–water partition coefficient (Wildman–Crippen LogP) is 4.87. The number of aliphatic imine (C=N–C) groups is 1. The summed E-state index contributed by atoms with van der Waals surface area (Å²) in [6, 6.07) is 5.41. The van der Waals surface area contributed by atoms with Gasteiger partial charge in [-0.2, -0.15) is 13.2 Å². The molecule has 0 spiro atoms. The van der Waals surface area contributed by atoms with Gasteiger partial charge in [-0.15, -0.1) is 24.0 Å². The zero-order valence-electron chi connectivity index (χ0n) is 18.2. The maximum atomic E-state index is 13.1. The Morgan fingerprint density at radius 3 is 2.74 bits per heavy atom. The van der Waals surface area contributed by atoms with E-state index in [1.165, 1.54) is 18.6 Å². The fourth-order valence-corrected chi connectivity index (χ4v) is 4.11. The van der Waals surface area contributed by atoms with Crippen LogP contribution in [0, 0.1) is 5.41 Å². The van der Waals surface area contributed by atoms with Crippen LogP contribution in [0.5, 0.6) is 0 Å². The van der Waals surface area contributed by atoms with E-state index in [4.69, 9.17) is 14.5 Å². The van der Waals surface area contributed by atoms with Crippen LogP contribution in [0.2, 0.25) is 0 Å². The van der Waals surface area contributed by atoms with E-state index in [9.17, 15) is 13.2 Å². The van der Waals surface area contributed by atoms with E-state index in [2.05, 4.69) is 10.2 Å². The third-order valence-electron chi connectivity index (χ3n) is 6.10. The minimum absolute atomic E-state index is 0. The lowest BCUT2D eigenvalue weighted by Crippen LogP contribution is -2.49. The van der Waals surface area contributed by atoms with Crippen molar-refractivity contribution in [1.29, 1.82) is 0 Å². The van der Waals surface area contributed by atoms with Crippen LogP contribution in [0.1, 0.15) is 49.8 Å². The SMILES string of the molecule is CCNC(=NCC1(CCOC)CCC1)N1CCOC(c2cccc(C(F)(F)F)c2)C1.I. The zero-order chi connectivity index (χ0) is 21.6. The van der Waals surface area contributed by atoms with Crippen LogP contribution in [0.25, 0.3) is 0 Å². The summed E-state index contributed by atoms with van der Waals surface area (Å²) in [5.74, 6) is 0.807. The summed E-state index contributed by atoms with van der Waals surface area (Å²) in [4.78, 5) is 7.01. The number of hydrogen-bond acceptors (Lipinski definition) is 3. The molecule has 176 valence electrons. The van der Waals surface area contributed by atoms with Gasteiger partial charge >= 0.3 is 6.18 Å². The number of guanidine groups is 1. The molecule has 1 saturated heterocycles. The van der Waals surface area contributed by atoms with Crippen molar-refractivity contribution in [3.8, 4) is 0 Å². The van der Waals surface area contributed by atoms with Crippen molar-refractivity contribution in [1.82, 2.24) is 10.2 Å². The minimum atomic E-state index is -4.36. The molecule has 0 amide bonds. The highest BCUT2D eigenvalue weighted by molar-refractivity contribution is 14.0. The van der Waals surface area contributed by atoms with Gasteiger partial charge in [-0.1, -0.05) is 18.6 Å². The highest BCUT2D eigenvalue weighted by atomic mass is 127. The Hall–Kier alpha value is -1.07. The lowest BCUT2D eigenvalue weighted by molar-refractivity contribution is -0.137. The van der Waals surface area contributed by atoms with Crippen LogP contribution in [-0.2, 0) is 15.7 Å². The Morgan fingerprint density at radius 1 is 1.35 bits per heavy atom. The van der Waals surface area contributed by atoms with Gasteiger partial charge in [0.2, 0.25) is 0 Å². The number of hydrogen-bond donors (Lipinski definition) is 1. The van der Waals surface area contributed by atoms with Gasteiger partial charge in [0.25, 0.3) is 0 Å². The molecule has 0 radical (unpaired) electrons. The third-order valence-corrected chi connectivity index (χ3v) is 6.10. The Balaban J connectivity index is 0.00000341. The molecule has 1 heterocycles. The molecule has 1 aromatic rings. The summed E-state index contributed by atoms with van der Waals surface area (Å²) in [6.45, 7) is 5.80. The summed E-state index contributed by atoms with van der Waals surface area (Å²) in [7, 11) is 1.72. The van der Waals surface area contributed by atoms with Crippen molar-refractivity contribution in [2.75, 3.05) is 46.5 Å². The van der Waals surface area contributed by atoms with Gasteiger partial charge < -0.3 is 19.7 Å². The molecule has 1 aliphatic carbocycles. The lowest BCUT2D eigenvalue weighted by atomic mass is 9.67. The standard InChI is InChI=1S/C22H32F3N3O2.HI/c1-3-26-20(27-16-21(8-5-9-21)10-12-29-2)28-11-13-30-19(15-28)17-6-4-7-18(14-17)22(23,24)25;/h4,6-7,14,19H,3,5,8-13,15-16H2,1-2H3,(H,26,27);1H. The number of methoxy groups -OCH3 is 1. The average Bonchev–Trinajstić information content (AvgIpc) is 2.71. The molecule has 2 fully saturated rings. The van der Waals surface area contributed by atoms with Crippen molar-refractivity contribution in [3.63, 3.8) is 0 Å². The zero-order valence-corrected chi connectivity index (χ0v) is 20.5. The second-order valence-electron chi connectivity index (χ2n) is 8.20. The summed E-state index contributed by atoms with van der Waals surface area (Å²) in [5.41, 5.74) is 0.107. The molecule has 5 nitrogen and oxygen atoms in total. The number of nitrogens with zero attached hydrogens (tertiary/aromatic N) is 2. The molecule has 1 aromatic carbocycles. The Morgan fingerprint density at radius 2 is 2.13 bits per heavy atom. The van der Waals surface area contributed by atoms with Crippen molar-refractivity contribution >= 4 is 29.9 Å². The maximum Gasteiger partial charge on any atom is 0.416 e. The van der Waals surface area contributed by atoms with Gasteiger partial charge in [-0.3, -0.25) is 4.99 Å². The molecule has 31 heavy (non-hydrogen) atoms. The minimum Gasteiger partial charge on any atom is -0.385 e. The average molecular weight is 555 g/mol. The van der Waals surface area contributed by atoms with Crippen molar-refractivity contribution in [2.24, 2.45) is 10.4 Å². The molecular weight excluding hydrogens is 522 g/mol. The molecule has 1 atom stereocenters. The van der Waals surface area contributed by atoms with Gasteiger partial charge in [0.1, 0.15) is 6.10 Å². The number of nitrogens with one attached hydrogen (secondary N) is 1. The van der Waals surface area contributed by atoms with E-state index in [0.717, 1.165) is 51.0 Å². The summed E-state index contributed by atoms with van der Waals surface area (Å²) in [5, 5.41) is 3.35. The van der Waals surface area contributed by atoms with E-state index in [1.54, 1.807) is 13.2 Å². The van der Waals surface area contributed by atoms with Crippen LogP contribution in [0.4, 0.5) is 13.2 Å². The predicted molar refractivity (Wildman–Crippen MR) is 126 cm³/mol. The molecule has 2 aliphatic rings.